The summed E-state index contributed by atoms with van der Waals surface area (Å²) >= 11 is 1.69. The normalized spacial score (nSPS) is 21.4. The van der Waals surface area contributed by atoms with Gasteiger partial charge in [-0.15, -0.1) is 11.3 Å². The van der Waals surface area contributed by atoms with E-state index in [1.54, 1.807) is 11.3 Å². The molecule has 1 saturated carbocycles. The van der Waals surface area contributed by atoms with E-state index in [1.165, 1.54) is 4.88 Å². The second-order valence-electron chi connectivity index (χ2n) is 3.84. The summed E-state index contributed by atoms with van der Waals surface area (Å²) in [6, 6.07) is 4.08. The zero-order chi connectivity index (χ0) is 9.31. The number of rotatable bonds is 4. The van der Waals surface area contributed by atoms with Crippen molar-refractivity contribution in [3.63, 3.8) is 0 Å². The number of nitrogens with two attached hydrogens (primary N) is 1. The van der Waals surface area contributed by atoms with Crippen LogP contribution in [0.4, 0.5) is 0 Å². The van der Waals surface area contributed by atoms with Crippen molar-refractivity contribution < 1.29 is 5.11 Å². The standard InChI is InChI=1S/C10H15NOS/c11-7-10(12,8-3-4-8)6-9-2-1-5-13-9/h1-2,5,8,12H,3-4,6-7,11H2. The van der Waals surface area contributed by atoms with E-state index >= 15 is 0 Å². The van der Waals surface area contributed by atoms with E-state index in [2.05, 4.69) is 6.07 Å². The Hall–Kier alpha value is -0.380. The summed E-state index contributed by atoms with van der Waals surface area (Å²) in [5.74, 6) is 0.444. The van der Waals surface area contributed by atoms with Crippen LogP contribution in [0.5, 0.6) is 0 Å². The highest BCUT2D eigenvalue weighted by atomic mass is 32.1. The van der Waals surface area contributed by atoms with E-state index in [4.69, 9.17) is 5.73 Å². The van der Waals surface area contributed by atoms with Crippen molar-refractivity contribution in [2.24, 2.45) is 11.7 Å². The molecule has 1 aromatic heterocycles. The molecule has 0 radical (unpaired) electrons. The molecule has 72 valence electrons. The molecule has 0 saturated heterocycles. The topological polar surface area (TPSA) is 46.2 Å². The minimum absolute atomic E-state index is 0.384. The predicted octanol–water partition coefficient (Wildman–Crippen LogP) is 1.39. The Kier molecular flexibility index (Phi) is 2.41. The van der Waals surface area contributed by atoms with Gasteiger partial charge in [-0.1, -0.05) is 6.07 Å². The second-order valence-corrected chi connectivity index (χ2v) is 4.87. The smallest absolute Gasteiger partial charge is 0.0845 e. The Balaban J connectivity index is 2.05. The molecule has 1 aliphatic rings. The molecule has 13 heavy (non-hydrogen) atoms. The summed E-state index contributed by atoms with van der Waals surface area (Å²) in [5, 5.41) is 12.3. The fourth-order valence-electron chi connectivity index (χ4n) is 1.72. The van der Waals surface area contributed by atoms with Gasteiger partial charge in [-0.3, -0.25) is 0 Å². The molecule has 2 nitrogen and oxygen atoms in total. The summed E-state index contributed by atoms with van der Waals surface area (Å²) in [6.07, 6.45) is 3.00. The predicted molar refractivity (Wildman–Crippen MR) is 54.8 cm³/mol. The van der Waals surface area contributed by atoms with Gasteiger partial charge in [0.1, 0.15) is 0 Å². The second kappa shape index (κ2) is 3.40. The summed E-state index contributed by atoms with van der Waals surface area (Å²) in [4.78, 5) is 1.24. The van der Waals surface area contributed by atoms with Gasteiger partial charge in [0.05, 0.1) is 5.60 Å². The summed E-state index contributed by atoms with van der Waals surface area (Å²) in [5.41, 5.74) is 4.99. The molecule has 3 N–H and O–H groups in total. The van der Waals surface area contributed by atoms with Crippen LogP contribution in [0.15, 0.2) is 17.5 Å². The molecule has 1 unspecified atom stereocenters. The fourth-order valence-corrected chi connectivity index (χ4v) is 2.54. The van der Waals surface area contributed by atoms with E-state index in [0.717, 1.165) is 19.3 Å². The van der Waals surface area contributed by atoms with Crippen molar-refractivity contribution in [1.82, 2.24) is 0 Å². The Labute approximate surface area is 82.4 Å². The average Bonchev–Trinajstić information content (AvgIpc) is 2.88. The lowest BCUT2D eigenvalue weighted by atomic mass is 9.93. The van der Waals surface area contributed by atoms with Crippen LogP contribution in [-0.4, -0.2) is 17.3 Å². The van der Waals surface area contributed by atoms with Crippen LogP contribution >= 0.6 is 11.3 Å². The van der Waals surface area contributed by atoms with Gasteiger partial charge in [0, 0.05) is 17.8 Å². The maximum Gasteiger partial charge on any atom is 0.0845 e. The lowest BCUT2D eigenvalue weighted by molar-refractivity contribution is 0.0275. The van der Waals surface area contributed by atoms with Crippen molar-refractivity contribution >= 4 is 11.3 Å². The third-order valence-corrected chi connectivity index (χ3v) is 3.63. The molecule has 0 bridgehead atoms. The minimum Gasteiger partial charge on any atom is -0.388 e. The first-order valence-corrected chi connectivity index (χ1v) is 5.57. The molecule has 1 atom stereocenters. The fraction of sp³-hybridized carbons (Fsp3) is 0.600. The number of hydrogen-bond acceptors (Lipinski definition) is 3. The highest BCUT2D eigenvalue weighted by Gasteiger charge is 2.42. The number of thiophene rings is 1. The van der Waals surface area contributed by atoms with Crippen LogP contribution in [0.25, 0.3) is 0 Å². The van der Waals surface area contributed by atoms with Gasteiger partial charge in [0.25, 0.3) is 0 Å². The average molecular weight is 197 g/mol. The third-order valence-electron chi connectivity index (χ3n) is 2.75. The maximum atomic E-state index is 10.2. The van der Waals surface area contributed by atoms with Gasteiger partial charge in [0.15, 0.2) is 0 Å². The minimum atomic E-state index is -0.634. The maximum absolute atomic E-state index is 10.2. The van der Waals surface area contributed by atoms with Crippen molar-refractivity contribution in [2.45, 2.75) is 24.9 Å². The monoisotopic (exact) mass is 197 g/mol. The first-order valence-electron chi connectivity index (χ1n) is 4.69. The quantitative estimate of drug-likeness (QED) is 0.766. The Bertz CT molecular complexity index is 268. The van der Waals surface area contributed by atoms with Crippen LogP contribution < -0.4 is 5.73 Å². The molecular weight excluding hydrogens is 182 g/mol. The van der Waals surface area contributed by atoms with Crippen LogP contribution in [0.3, 0.4) is 0 Å². The zero-order valence-corrected chi connectivity index (χ0v) is 8.39. The molecule has 0 amide bonds. The summed E-state index contributed by atoms with van der Waals surface area (Å²) < 4.78 is 0. The molecule has 0 aliphatic heterocycles. The van der Waals surface area contributed by atoms with Crippen molar-refractivity contribution in [2.75, 3.05) is 6.54 Å². The Morgan fingerprint density at radius 2 is 2.38 bits per heavy atom. The molecule has 0 spiro atoms. The van der Waals surface area contributed by atoms with E-state index in [9.17, 15) is 5.11 Å². The molecule has 0 aromatic carbocycles. The first-order chi connectivity index (χ1) is 6.24. The molecule has 1 aromatic rings. The molecule has 1 fully saturated rings. The molecule has 2 rings (SSSR count). The molecule has 1 heterocycles. The summed E-state index contributed by atoms with van der Waals surface area (Å²) in [7, 11) is 0. The number of hydrogen-bond donors (Lipinski definition) is 2. The Morgan fingerprint density at radius 1 is 1.62 bits per heavy atom. The van der Waals surface area contributed by atoms with Crippen molar-refractivity contribution in [3.8, 4) is 0 Å². The van der Waals surface area contributed by atoms with Crippen LogP contribution in [0.2, 0.25) is 0 Å². The van der Waals surface area contributed by atoms with Gasteiger partial charge >= 0.3 is 0 Å². The molecular formula is C10H15NOS. The van der Waals surface area contributed by atoms with E-state index < -0.39 is 5.60 Å². The highest BCUT2D eigenvalue weighted by Crippen LogP contribution is 2.41. The van der Waals surface area contributed by atoms with E-state index in [0.29, 0.717) is 12.5 Å². The largest absolute Gasteiger partial charge is 0.388 e. The SMILES string of the molecule is NCC(O)(Cc1cccs1)C1CC1. The van der Waals surface area contributed by atoms with E-state index in [1.807, 2.05) is 11.4 Å². The molecule has 3 heteroatoms. The van der Waals surface area contributed by atoms with Crippen LogP contribution in [0.1, 0.15) is 17.7 Å². The zero-order valence-electron chi connectivity index (χ0n) is 7.57. The van der Waals surface area contributed by atoms with Gasteiger partial charge in [-0.05, 0) is 30.2 Å². The van der Waals surface area contributed by atoms with Crippen molar-refractivity contribution in [1.29, 1.82) is 0 Å². The van der Waals surface area contributed by atoms with Gasteiger partial charge in [-0.25, -0.2) is 0 Å². The summed E-state index contributed by atoms with van der Waals surface area (Å²) in [6.45, 7) is 0.384. The molecule has 1 aliphatic carbocycles. The van der Waals surface area contributed by atoms with E-state index in [-0.39, 0.29) is 0 Å². The lowest BCUT2D eigenvalue weighted by Gasteiger charge is -2.25. The van der Waals surface area contributed by atoms with Crippen LogP contribution in [0, 0.1) is 5.92 Å². The van der Waals surface area contributed by atoms with Gasteiger partial charge in [-0.2, -0.15) is 0 Å². The first kappa shape index (κ1) is 9.19. The highest BCUT2D eigenvalue weighted by molar-refractivity contribution is 7.09. The van der Waals surface area contributed by atoms with Crippen LogP contribution in [-0.2, 0) is 6.42 Å². The number of aliphatic hydroxyl groups is 1. The third kappa shape index (κ3) is 1.93. The van der Waals surface area contributed by atoms with Gasteiger partial charge in [0.2, 0.25) is 0 Å². The Morgan fingerprint density at radius 3 is 2.85 bits per heavy atom. The van der Waals surface area contributed by atoms with Crippen molar-refractivity contribution in [3.05, 3.63) is 22.4 Å². The van der Waals surface area contributed by atoms with Gasteiger partial charge < -0.3 is 10.8 Å². The lowest BCUT2D eigenvalue weighted by Crippen LogP contribution is -2.41.